The van der Waals surface area contributed by atoms with E-state index in [4.69, 9.17) is 0 Å². The largest absolute Gasteiger partial charge is 0.366 e. The molecule has 0 spiro atoms. The first-order chi connectivity index (χ1) is 11.7. The molecule has 1 aliphatic rings. The molecular formula is C18H15N5O. The van der Waals surface area contributed by atoms with Crippen molar-refractivity contribution in [3.05, 3.63) is 59.4 Å². The van der Waals surface area contributed by atoms with Crippen molar-refractivity contribution in [1.82, 2.24) is 9.88 Å². The van der Waals surface area contributed by atoms with E-state index in [1.165, 1.54) is 0 Å². The fourth-order valence-electron chi connectivity index (χ4n) is 2.85. The number of para-hydroxylation sites is 1. The number of carbonyl (C=O) groups excluding carboxylic acids is 1. The van der Waals surface area contributed by atoms with Gasteiger partial charge in [0.2, 0.25) is 0 Å². The molecule has 3 rings (SSSR count). The number of anilines is 1. The van der Waals surface area contributed by atoms with Gasteiger partial charge in [0.25, 0.3) is 5.91 Å². The van der Waals surface area contributed by atoms with Crippen LogP contribution in [0.1, 0.15) is 21.6 Å². The van der Waals surface area contributed by atoms with Crippen LogP contribution in [0.25, 0.3) is 0 Å². The van der Waals surface area contributed by atoms with Crippen LogP contribution in [0.3, 0.4) is 0 Å². The fourth-order valence-corrected chi connectivity index (χ4v) is 2.85. The zero-order valence-electron chi connectivity index (χ0n) is 13.0. The molecule has 2 heterocycles. The molecule has 1 aromatic heterocycles. The Morgan fingerprint density at radius 3 is 2.17 bits per heavy atom. The molecule has 24 heavy (non-hydrogen) atoms. The zero-order chi connectivity index (χ0) is 16.9. The first-order valence-corrected chi connectivity index (χ1v) is 7.63. The summed E-state index contributed by atoms with van der Waals surface area (Å²) in [5, 5.41) is 18.6. The molecule has 2 aromatic rings. The second-order valence-electron chi connectivity index (χ2n) is 5.42. The molecule has 1 aliphatic heterocycles. The molecule has 6 heteroatoms. The van der Waals surface area contributed by atoms with Gasteiger partial charge in [0.1, 0.15) is 17.8 Å². The van der Waals surface area contributed by atoms with Crippen molar-refractivity contribution < 1.29 is 4.79 Å². The summed E-state index contributed by atoms with van der Waals surface area (Å²) in [4.78, 5) is 20.3. The molecule has 118 valence electrons. The SMILES string of the molecule is N#Cc1cccc(C#N)c1N1CCN(C(=O)c2ccccn2)CC1. The molecule has 0 saturated carbocycles. The van der Waals surface area contributed by atoms with E-state index in [9.17, 15) is 15.3 Å². The lowest BCUT2D eigenvalue weighted by molar-refractivity contribution is 0.0741. The molecule has 1 saturated heterocycles. The summed E-state index contributed by atoms with van der Waals surface area (Å²) < 4.78 is 0. The number of aromatic nitrogens is 1. The molecule has 0 aliphatic carbocycles. The van der Waals surface area contributed by atoms with Gasteiger partial charge in [-0.25, -0.2) is 0 Å². The summed E-state index contributed by atoms with van der Waals surface area (Å²) >= 11 is 0. The molecule has 6 nitrogen and oxygen atoms in total. The van der Waals surface area contributed by atoms with Crippen molar-refractivity contribution in [1.29, 1.82) is 10.5 Å². The summed E-state index contributed by atoms with van der Waals surface area (Å²) in [6.07, 6.45) is 1.60. The third-order valence-electron chi connectivity index (χ3n) is 4.04. The van der Waals surface area contributed by atoms with Gasteiger partial charge in [0, 0.05) is 32.4 Å². The van der Waals surface area contributed by atoms with Crippen LogP contribution in [-0.4, -0.2) is 42.0 Å². The minimum atomic E-state index is -0.0932. The Bertz CT molecular complexity index is 794. The van der Waals surface area contributed by atoms with Gasteiger partial charge in [-0.2, -0.15) is 10.5 Å². The standard InChI is InChI=1S/C18H15N5O/c19-12-14-4-3-5-15(13-20)17(14)22-8-10-23(11-9-22)18(24)16-6-1-2-7-21-16/h1-7H,8-11H2. The van der Waals surface area contributed by atoms with Crippen molar-refractivity contribution in [3.8, 4) is 12.1 Å². The molecule has 1 aromatic carbocycles. The number of amides is 1. The van der Waals surface area contributed by atoms with Gasteiger partial charge in [-0.1, -0.05) is 12.1 Å². The lowest BCUT2D eigenvalue weighted by Gasteiger charge is -2.36. The van der Waals surface area contributed by atoms with Gasteiger partial charge in [-0.05, 0) is 24.3 Å². The number of pyridine rings is 1. The lowest BCUT2D eigenvalue weighted by Crippen LogP contribution is -2.49. The number of benzene rings is 1. The van der Waals surface area contributed by atoms with Crippen LogP contribution in [0.4, 0.5) is 5.69 Å². The number of nitrogens with zero attached hydrogens (tertiary/aromatic N) is 5. The minimum absolute atomic E-state index is 0.0932. The lowest BCUT2D eigenvalue weighted by atomic mass is 10.1. The summed E-state index contributed by atoms with van der Waals surface area (Å²) in [6.45, 7) is 2.21. The van der Waals surface area contributed by atoms with Crippen molar-refractivity contribution in [2.45, 2.75) is 0 Å². The second kappa shape index (κ2) is 6.80. The predicted molar refractivity (Wildman–Crippen MR) is 88.2 cm³/mol. The summed E-state index contributed by atoms with van der Waals surface area (Å²) in [6, 6.07) is 14.7. The number of carbonyl (C=O) groups is 1. The average molecular weight is 317 g/mol. The smallest absolute Gasteiger partial charge is 0.272 e. The molecule has 0 atom stereocenters. The Morgan fingerprint density at radius 1 is 0.958 bits per heavy atom. The molecule has 1 amide bonds. The van der Waals surface area contributed by atoms with Crippen molar-refractivity contribution in [2.75, 3.05) is 31.1 Å². The molecule has 0 unspecified atom stereocenters. The maximum atomic E-state index is 12.4. The van der Waals surface area contributed by atoms with Gasteiger partial charge in [-0.3, -0.25) is 9.78 Å². The fraction of sp³-hybridized carbons (Fsp3) is 0.222. The minimum Gasteiger partial charge on any atom is -0.366 e. The van der Waals surface area contributed by atoms with E-state index in [-0.39, 0.29) is 5.91 Å². The molecule has 0 radical (unpaired) electrons. The predicted octanol–water partition coefficient (Wildman–Crippen LogP) is 1.79. The second-order valence-corrected chi connectivity index (χ2v) is 5.42. The van der Waals surface area contributed by atoms with Crippen LogP contribution < -0.4 is 4.90 Å². The highest BCUT2D eigenvalue weighted by molar-refractivity contribution is 5.92. The Balaban J connectivity index is 1.76. The Hall–Kier alpha value is -3.38. The monoisotopic (exact) mass is 317 g/mol. The van der Waals surface area contributed by atoms with Crippen LogP contribution in [0.5, 0.6) is 0 Å². The van der Waals surface area contributed by atoms with E-state index in [1.54, 1.807) is 47.5 Å². The summed E-state index contributed by atoms with van der Waals surface area (Å²) in [7, 11) is 0. The molecule has 0 bridgehead atoms. The Morgan fingerprint density at radius 2 is 1.62 bits per heavy atom. The summed E-state index contributed by atoms with van der Waals surface area (Å²) in [5.41, 5.74) is 2.06. The Labute approximate surface area is 140 Å². The molecule has 0 N–H and O–H groups in total. The van der Waals surface area contributed by atoms with E-state index >= 15 is 0 Å². The first-order valence-electron chi connectivity index (χ1n) is 7.63. The highest BCUT2D eigenvalue weighted by atomic mass is 16.2. The van der Waals surface area contributed by atoms with Crippen LogP contribution in [0, 0.1) is 22.7 Å². The highest BCUT2D eigenvalue weighted by Crippen LogP contribution is 2.26. The number of hydrogen-bond donors (Lipinski definition) is 0. The van der Waals surface area contributed by atoms with Crippen LogP contribution in [0.2, 0.25) is 0 Å². The van der Waals surface area contributed by atoms with E-state index in [1.807, 2.05) is 4.90 Å². The van der Waals surface area contributed by atoms with Crippen LogP contribution in [0.15, 0.2) is 42.6 Å². The average Bonchev–Trinajstić information content (AvgIpc) is 2.67. The zero-order valence-corrected chi connectivity index (χ0v) is 13.0. The highest BCUT2D eigenvalue weighted by Gasteiger charge is 2.25. The van der Waals surface area contributed by atoms with E-state index < -0.39 is 0 Å². The maximum absolute atomic E-state index is 12.4. The van der Waals surface area contributed by atoms with E-state index in [0.29, 0.717) is 48.7 Å². The van der Waals surface area contributed by atoms with Gasteiger partial charge in [0.05, 0.1) is 16.8 Å². The van der Waals surface area contributed by atoms with Crippen LogP contribution >= 0.6 is 0 Å². The quantitative estimate of drug-likeness (QED) is 0.843. The van der Waals surface area contributed by atoms with E-state index in [0.717, 1.165) is 0 Å². The van der Waals surface area contributed by atoms with Crippen molar-refractivity contribution in [3.63, 3.8) is 0 Å². The van der Waals surface area contributed by atoms with Crippen molar-refractivity contribution >= 4 is 11.6 Å². The summed E-state index contributed by atoms with van der Waals surface area (Å²) in [5.74, 6) is -0.0932. The maximum Gasteiger partial charge on any atom is 0.272 e. The molecular weight excluding hydrogens is 302 g/mol. The molecule has 1 fully saturated rings. The van der Waals surface area contributed by atoms with Gasteiger partial charge in [-0.15, -0.1) is 0 Å². The van der Waals surface area contributed by atoms with Crippen molar-refractivity contribution in [2.24, 2.45) is 0 Å². The Kier molecular flexibility index (Phi) is 4.40. The number of rotatable bonds is 2. The third-order valence-corrected chi connectivity index (χ3v) is 4.04. The first kappa shape index (κ1) is 15.5. The number of nitriles is 2. The van der Waals surface area contributed by atoms with Gasteiger partial charge >= 0.3 is 0 Å². The van der Waals surface area contributed by atoms with E-state index in [2.05, 4.69) is 17.1 Å². The van der Waals surface area contributed by atoms with Gasteiger partial charge < -0.3 is 9.80 Å². The van der Waals surface area contributed by atoms with Gasteiger partial charge in [0.15, 0.2) is 0 Å². The number of hydrogen-bond acceptors (Lipinski definition) is 5. The van der Waals surface area contributed by atoms with Crippen LogP contribution in [-0.2, 0) is 0 Å². The topological polar surface area (TPSA) is 84.0 Å². The normalized spacial score (nSPS) is 13.9. The third kappa shape index (κ3) is 2.90. The number of piperazine rings is 1.